The molecule has 0 fully saturated rings. The Bertz CT molecular complexity index is 668. The second-order valence-electron chi connectivity index (χ2n) is 7.21. The summed E-state index contributed by atoms with van der Waals surface area (Å²) in [6.45, 7) is 12.7. The van der Waals surface area contributed by atoms with E-state index in [1.807, 2.05) is 0 Å². The van der Waals surface area contributed by atoms with Gasteiger partial charge in [0, 0.05) is 12.1 Å². The van der Waals surface area contributed by atoms with E-state index in [1.165, 1.54) is 12.1 Å². The van der Waals surface area contributed by atoms with Gasteiger partial charge in [-0.05, 0) is 0 Å². The molecule has 0 saturated carbocycles. The molecule has 1 aromatic carbocycles. The standard InChI is InChI=1S/C16H22N2O2Si2/c1-21(2,3)9-7-13-11-15(18(19)20)12-14(16(13)17)8-10-22(4,5)6/h11-12H,17H2,1-6H3. The Labute approximate surface area is 134 Å². The van der Waals surface area contributed by atoms with Crippen LogP contribution in [0.3, 0.4) is 0 Å². The zero-order valence-corrected chi connectivity index (χ0v) is 16.0. The Hall–Kier alpha value is -2.03. The van der Waals surface area contributed by atoms with Crippen molar-refractivity contribution in [2.75, 3.05) is 5.73 Å². The van der Waals surface area contributed by atoms with E-state index < -0.39 is 21.1 Å². The monoisotopic (exact) mass is 330 g/mol. The zero-order chi connectivity index (χ0) is 17.1. The summed E-state index contributed by atoms with van der Waals surface area (Å²) < 4.78 is 0. The Morgan fingerprint density at radius 1 is 0.955 bits per heavy atom. The van der Waals surface area contributed by atoms with Crippen molar-refractivity contribution in [2.24, 2.45) is 0 Å². The van der Waals surface area contributed by atoms with Crippen molar-refractivity contribution in [1.82, 2.24) is 0 Å². The average Bonchev–Trinajstić information content (AvgIpc) is 2.33. The van der Waals surface area contributed by atoms with Gasteiger partial charge in [-0.1, -0.05) is 51.1 Å². The smallest absolute Gasteiger partial charge is 0.272 e. The lowest BCUT2D eigenvalue weighted by Crippen LogP contribution is -2.16. The molecule has 1 aromatic rings. The van der Waals surface area contributed by atoms with E-state index in [1.54, 1.807) is 0 Å². The van der Waals surface area contributed by atoms with Crippen LogP contribution in [-0.4, -0.2) is 21.1 Å². The summed E-state index contributed by atoms with van der Waals surface area (Å²) in [5, 5.41) is 11.1. The minimum absolute atomic E-state index is 0.0195. The maximum atomic E-state index is 11.1. The first kappa shape index (κ1) is 18.0. The lowest BCUT2D eigenvalue weighted by atomic mass is 10.1. The van der Waals surface area contributed by atoms with Gasteiger partial charge in [0.2, 0.25) is 0 Å². The van der Waals surface area contributed by atoms with Crippen LogP contribution in [0.4, 0.5) is 11.4 Å². The highest BCUT2D eigenvalue weighted by molar-refractivity contribution is 6.84. The van der Waals surface area contributed by atoms with Crippen molar-refractivity contribution in [3.8, 4) is 22.9 Å². The molecular weight excluding hydrogens is 308 g/mol. The molecule has 0 aromatic heterocycles. The number of nitrogen functional groups attached to an aromatic ring is 1. The molecule has 0 bridgehead atoms. The maximum absolute atomic E-state index is 11.1. The molecule has 0 amide bonds. The van der Waals surface area contributed by atoms with Gasteiger partial charge in [-0.25, -0.2) is 0 Å². The number of hydrogen-bond acceptors (Lipinski definition) is 3. The molecule has 0 heterocycles. The van der Waals surface area contributed by atoms with Gasteiger partial charge in [-0.15, -0.1) is 11.1 Å². The fraction of sp³-hybridized carbons (Fsp3) is 0.375. The quantitative estimate of drug-likeness (QED) is 0.281. The summed E-state index contributed by atoms with van der Waals surface area (Å²) in [5.41, 5.74) is 13.9. The first-order chi connectivity index (χ1) is 9.89. The highest BCUT2D eigenvalue weighted by Gasteiger charge is 2.15. The minimum Gasteiger partial charge on any atom is -0.397 e. The molecule has 1 rings (SSSR count). The highest BCUT2D eigenvalue weighted by atomic mass is 28.3. The van der Waals surface area contributed by atoms with Crippen molar-refractivity contribution in [2.45, 2.75) is 39.3 Å². The lowest BCUT2D eigenvalue weighted by Gasteiger charge is -2.07. The van der Waals surface area contributed by atoms with Crippen LogP contribution in [0.2, 0.25) is 39.3 Å². The number of hydrogen-bond donors (Lipinski definition) is 1. The first-order valence-corrected chi connectivity index (χ1v) is 14.0. The predicted molar refractivity (Wildman–Crippen MR) is 98.0 cm³/mol. The van der Waals surface area contributed by atoms with E-state index in [9.17, 15) is 10.1 Å². The number of nitrogens with two attached hydrogens (primary N) is 1. The van der Waals surface area contributed by atoms with Gasteiger partial charge >= 0.3 is 0 Å². The molecule has 0 unspecified atom stereocenters. The van der Waals surface area contributed by atoms with E-state index in [0.29, 0.717) is 16.8 Å². The van der Waals surface area contributed by atoms with Crippen LogP contribution >= 0.6 is 0 Å². The number of rotatable bonds is 1. The molecule has 0 aliphatic rings. The van der Waals surface area contributed by atoms with Gasteiger partial charge in [0.15, 0.2) is 0 Å². The van der Waals surface area contributed by atoms with Gasteiger partial charge in [0.25, 0.3) is 5.69 Å². The van der Waals surface area contributed by atoms with Gasteiger partial charge in [-0.3, -0.25) is 10.1 Å². The number of anilines is 1. The van der Waals surface area contributed by atoms with Crippen molar-refractivity contribution in [3.05, 3.63) is 33.4 Å². The molecule has 116 valence electrons. The fourth-order valence-corrected chi connectivity index (χ4v) is 2.48. The Balaban J connectivity index is 3.51. The topological polar surface area (TPSA) is 69.2 Å². The summed E-state index contributed by atoms with van der Waals surface area (Å²) in [6.07, 6.45) is 0. The van der Waals surface area contributed by atoms with E-state index in [-0.39, 0.29) is 5.69 Å². The number of benzene rings is 1. The molecule has 6 heteroatoms. The fourth-order valence-electron chi connectivity index (χ4n) is 1.46. The Morgan fingerprint density at radius 2 is 1.32 bits per heavy atom. The highest BCUT2D eigenvalue weighted by Crippen LogP contribution is 2.24. The first-order valence-electron chi connectivity index (χ1n) is 7.03. The minimum atomic E-state index is -1.59. The van der Waals surface area contributed by atoms with E-state index in [2.05, 4.69) is 62.2 Å². The normalized spacial score (nSPS) is 11.0. The van der Waals surface area contributed by atoms with E-state index in [4.69, 9.17) is 5.73 Å². The molecule has 2 N–H and O–H groups in total. The van der Waals surface area contributed by atoms with Crippen LogP contribution < -0.4 is 5.73 Å². The SMILES string of the molecule is C[Si](C)(C)C#Cc1cc([N+](=O)[O-])cc(C#C[Si](C)(C)C)c1N. The molecule has 0 aliphatic carbocycles. The van der Waals surface area contributed by atoms with Gasteiger partial charge < -0.3 is 5.73 Å². The third-order valence-electron chi connectivity index (χ3n) is 2.52. The molecule has 22 heavy (non-hydrogen) atoms. The number of nitro benzene ring substituents is 1. The Morgan fingerprint density at radius 3 is 1.59 bits per heavy atom. The largest absolute Gasteiger partial charge is 0.397 e. The van der Waals surface area contributed by atoms with Gasteiger partial charge in [0.05, 0.1) is 21.7 Å². The third-order valence-corrected chi connectivity index (χ3v) is 4.27. The van der Waals surface area contributed by atoms with E-state index >= 15 is 0 Å². The third kappa shape index (κ3) is 5.76. The molecule has 0 saturated heterocycles. The second kappa shape index (κ2) is 6.39. The maximum Gasteiger partial charge on any atom is 0.272 e. The lowest BCUT2D eigenvalue weighted by molar-refractivity contribution is -0.384. The van der Waals surface area contributed by atoms with Crippen molar-refractivity contribution in [1.29, 1.82) is 0 Å². The second-order valence-corrected chi connectivity index (χ2v) is 16.7. The van der Waals surface area contributed by atoms with Crippen LogP contribution in [0.1, 0.15) is 11.1 Å². The molecule has 4 nitrogen and oxygen atoms in total. The van der Waals surface area contributed by atoms with Crippen molar-refractivity contribution < 1.29 is 4.92 Å². The molecular formula is C16H22N2O2Si2. The van der Waals surface area contributed by atoms with Crippen LogP contribution in [-0.2, 0) is 0 Å². The summed E-state index contributed by atoms with van der Waals surface area (Å²) in [7, 11) is -3.18. The van der Waals surface area contributed by atoms with Gasteiger partial charge in [0.1, 0.15) is 16.1 Å². The summed E-state index contributed by atoms with van der Waals surface area (Å²) in [6, 6.07) is 2.87. The summed E-state index contributed by atoms with van der Waals surface area (Å²) in [5.74, 6) is 6.02. The average molecular weight is 331 g/mol. The predicted octanol–water partition coefficient (Wildman–Crippen LogP) is 3.63. The molecule has 0 aliphatic heterocycles. The van der Waals surface area contributed by atoms with Crippen LogP contribution in [0.5, 0.6) is 0 Å². The molecule has 0 radical (unpaired) electrons. The summed E-state index contributed by atoms with van der Waals surface area (Å²) >= 11 is 0. The van der Waals surface area contributed by atoms with Crippen molar-refractivity contribution in [3.63, 3.8) is 0 Å². The number of nitrogens with zero attached hydrogens (tertiary/aromatic N) is 1. The van der Waals surface area contributed by atoms with Crippen LogP contribution in [0, 0.1) is 33.0 Å². The van der Waals surface area contributed by atoms with Crippen LogP contribution in [0.15, 0.2) is 12.1 Å². The number of nitro groups is 1. The van der Waals surface area contributed by atoms with E-state index in [0.717, 1.165) is 0 Å². The number of non-ortho nitro benzene ring substituents is 1. The molecule has 0 atom stereocenters. The Kier molecular flexibility index (Phi) is 5.23. The zero-order valence-electron chi connectivity index (χ0n) is 14.0. The van der Waals surface area contributed by atoms with Crippen LogP contribution in [0.25, 0.3) is 0 Å². The summed E-state index contributed by atoms with van der Waals surface area (Å²) in [4.78, 5) is 10.7. The molecule has 0 spiro atoms. The van der Waals surface area contributed by atoms with Gasteiger partial charge in [-0.2, -0.15) is 0 Å². The van der Waals surface area contributed by atoms with Crippen molar-refractivity contribution >= 4 is 27.5 Å².